The molecule has 1 aromatic rings. The summed E-state index contributed by atoms with van der Waals surface area (Å²) in [5, 5.41) is 7.08. The maximum atomic E-state index is 13.2. The molecule has 0 spiro atoms. The van der Waals surface area contributed by atoms with E-state index in [0.29, 0.717) is 6.42 Å². The van der Waals surface area contributed by atoms with Gasteiger partial charge in [-0.25, -0.2) is 19.5 Å². The average molecular weight is 461 g/mol. The van der Waals surface area contributed by atoms with E-state index in [9.17, 15) is 19.2 Å². The number of anilines is 1. The van der Waals surface area contributed by atoms with Crippen LogP contribution >= 0.6 is 11.3 Å². The number of nitrogens with zero attached hydrogens (tertiary/aromatic N) is 2. The van der Waals surface area contributed by atoms with Gasteiger partial charge in [0.15, 0.2) is 10.8 Å². The summed E-state index contributed by atoms with van der Waals surface area (Å²) in [5.74, 6) is -0.970. The molecule has 2 N–H and O–H groups in total. The number of nitrogens with one attached hydrogen (secondary N) is 2. The molecule has 2 saturated carbocycles. The largest absolute Gasteiger partial charge is 0.464 e. The third kappa shape index (κ3) is 4.85. The van der Waals surface area contributed by atoms with Crippen molar-refractivity contribution in [3.8, 4) is 0 Å². The Labute approximate surface area is 190 Å². The number of thiazole rings is 1. The van der Waals surface area contributed by atoms with Gasteiger partial charge in [0, 0.05) is 5.38 Å². The second-order valence-electron chi connectivity index (χ2n) is 8.65. The van der Waals surface area contributed by atoms with Gasteiger partial charge in [0.25, 0.3) is 5.91 Å². The Bertz CT molecular complexity index is 931. The van der Waals surface area contributed by atoms with Crippen molar-refractivity contribution in [1.82, 2.24) is 15.2 Å². The monoisotopic (exact) mass is 460 g/mol. The number of rotatable bonds is 7. The molecule has 2 aliphatic carbocycles. The van der Waals surface area contributed by atoms with Crippen molar-refractivity contribution in [3.05, 3.63) is 22.8 Å². The lowest BCUT2D eigenvalue weighted by Crippen LogP contribution is -2.48. The Balaban J connectivity index is 1.53. The number of amides is 4. The first-order valence-corrected chi connectivity index (χ1v) is 12.0. The van der Waals surface area contributed by atoms with Gasteiger partial charge in [-0.15, -0.1) is 11.3 Å². The van der Waals surface area contributed by atoms with Crippen molar-refractivity contribution in [2.45, 2.75) is 63.8 Å². The first kappa shape index (κ1) is 22.4. The number of carbonyl (C=O) groups excluding carboxylic acids is 4. The topological polar surface area (TPSA) is 118 Å². The maximum absolute atomic E-state index is 13.2. The van der Waals surface area contributed by atoms with Crippen LogP contribution in [0.5, 0.6) is 0 Å². The minimum atomic E-state index is -0.939. The summed E-state index contributed by atoms with van der Waals surface area (Å²) in [5.41, 5.74) is 0.366. The van der Waals surface area contributed by atoms with Crippen LogP contribution < -0.4 is 10.6 Å². The van der Waals surface area contributed by atoms with E-state index >= 15 is 0 Å². The molecular weight excluding hydrogens is 432 g/mol. The molecule has 1 atom stereocenters. The Morgan fingerprint density at radius 1 is 1.25 bits per heavy atom. The number of carbonyl (C=O) groups is 4. The Morgan fingerprint density at radius 2 is 1.94 bits per heavy atom. The SMILES string of the molecule is COC(=O)c1csc(NC(=O)C(CC2CCCC2)N2C(=O)N/C(=C\C3CCCC3)C2=O)n1. The zero-order valence-corrected chi connectivity index (χ0v) is 18.9. The number of methoxy groups -OCH3 is 1. The minimum Gasteiger partial charge on any atom is -0.464 e. The van der Waals surface area contributed by atoms with Gasteiger partial charge < -0.3 is 15.4 Å². The standard InChI is InChI=1S/C22H28N4O5S/c1-31-20(29)16-12-32-21(23-16)25-18(27)17(11-14-8-4-5-9-14)26-19(28)15(24-22(26)30)10-13-6-2-3-7-13/h10,12-14,17H,2-9,11H2,1H3,(H,24,30)(H,23,25,27)/b15-10-. The lowest BCUT2D eigenvalue weighted by molar-refractivity contribution is -0.131. The van der Waals surface area contributed by atoms with Crippen LogP contribution in [0.25, 0.3) is 0 Å². The quantitative estimate of drug-likeness (QED) is 0.366. The number of allylic oxidation sites excluding steroid dienone is 1. The molecule has 10 heteroatoms. The zero-order valence-electron chi connectivity index (χ0n) is 18.1. The van der Waals surface area contributed by atoms with E-state index in [1.54, 1.807) is 0 Å². The van der Waals surface area contributed by atoms with E-state index in [2.05, 4.69) is 20.4 Å². The normalized spacial score (nSPS) is 21.9. The summed E-state index contributed by atoms with van der Waals surface area (Å²) in [6.45, 7) is 0. The van der Waals surface area contributed by atoms with Crippen LogP contribution in [0, 0.1) is 11.8 Å². The van der Waals surface area contributed by atoms with Gasteiger partial charge in [0.05, 0.1) is 7.11 Å². The molecule has 1 saturated heterocycles. The Morgan fingerprint density at radius 3 is 2.62 bits per heavy atom. The summed E-state index contributed by atoms with van der Waals surface area (Å²) >= 11 is 1.09. The van der Waals surface area contributed by atoms with Crippen LogP contribution in [-0.4, -0.2) is 46.9 Å². The van der Waals surface area contributed by atoms with Crippen molar-refractivity contribution in [2.24, 2.45) is 11.8 Å². The van der Waals surface area contributed by atoms with Gasteiger partial charge in [-0.05, 0) is 31.1 Å². The summed E-state index contributed by atoms with van der Waals surface area (Å²) in [7, 11) is 1.26. The maximum Gasteiger partial charge on any atom is 0.357 e. The van der Waals surface area contributed by atoms with E-state index in [1.165, 1.54) is 12.5 Å². The summed E-state index contributed by atoms with van der Waals surface area (Å²) in [6.07, 6.45) is 10.6. The van der Waals surface area contributed by atoms with Crippen LogP contribution in [0.1, 0.15) is 68.3 Å². The Hall–Kier alpha value is -2.75. The first-order chi connectivity index (χ1) is 15.5. The smallest absolute Gasteiger partial charge is 0.357 e. The summed E-state index contributed by atoms with van der Waals surface area (Å²) in [4.78, 5) is 55.9. The number of aromatic nitrogens is 1. The van der Waals surface area contributed by atoms with Crippen LogP contribution in [0.3, 0.4) is 0 Å². The van der Waals surface area contributed by atoms with Crippen molar-refractivity contribution in [1.29, 1.82) is 0 Å². The minimum absolute atomic E-state index is 0.0944. The fraction of sp³-hybridized carbons (Fsp3) is 0.591. The third-order valence-corrected chi connectivity index (χ3v) is 7.24. The first-order valence-electron chi connectivity index (χ1n) is 11.2. The predicted octanol–water partition coefficient (Wildman–Crippen LogP) is 3.44. The van der Waals surface area contributed by atoms with Gasteiger partial charge in [-0.3, -0.25) is 9.59 Å². The number of hydrogen-bond donors (Lipinski definition) is 2. The molecule has 3 aliphatic rings. The molecule has 1 unspecified atom stereocenters. The summed E-state index contributed by atoms with van der Waals surface area (Å²) < 4.78 is 4.65. The number of imide groups is 1. The molecule has 4 rings (SSSR count). The second kappa shape index (κ2) is 9.81. The molecule has 9 nitrogen and oxygen atoms in total. The van der Waals surface area contributed by atoms with E-state index < -0.39 is 29.9 Å². The molecule has 3 fully saturated rings. The van der Waals surface area contributed by atoms with Crippen LogP contribution in [0.2, 0.25) is 0 Å². The van der Waals surface area contributed by atoms with E-state index in [4.69, 9.17) is 0 Å². The molecule has 4 amide bonds. The lowest BCUT2D eigenvalue weighted by Gasteiger charge is -2.26. The van der Waals surface area contributed by atoms with Gasteiger partial charge in [-0.1, -0.05) is 44.6 Å². The van der Waals surface area contributed by atoms with Gasteiger partial charge in [0.2, 0.25) is 5.91 Å². The van der Waals surface area contributed by atoms with E-state index in [-0.39, 0.29) is 28.4 Å². The van der Waals surface area contributed by atoms with Crippen LogP contribution in [0.15, 0.2) is 17.2 Å². The molecule has 172 valence electrons. The molecular formula is C22H28N4O5S. The summed E-state index contributed by atoms with van der Waals surface area (Å²) in [6, 6.07) is -1.50. The van der Waals surface area contributed by atoms with Crippen molar-refractivity contribution in [3.63, 3.8) is 0 Å². The predicted molar refractivity (Wildman–Crippen MR) is 118 cm³/mol. The van der Waals surface area contributed by atoms with Crippen molar-refractivity contribution in [2.75, 3.05) is 12.4 Å². The van der Waals surface area contributed by atoms with Crippen LogP contribution in [0.4, 0.5) is 9.93 Å². The average Bonchev–Trinajstić information content (AvgIpc) is 3.57. The van der Waals surface area contributed by atoms with Gasteiger partial charge in [0.1, 0.15) is 11.7 Å². The zero-order chi connectivity index (χ0) is 22.7. The molecule has 1 aromatic heterocycles. The van der Waals surface area contributed by atoms with Gasteiger partial charge >= 0.3 is 12.0 Å². The highest BCUT2D eigenvalue weighted by Gasteiger charge is 2.43. The molecule has 0 aromatic carbocycles. The fourth-order valence-corrected chi connectivity index (χ4v) is 5.50. The van der Waals surface area contributed by atoms with Crippen molar-refractivity contribution < 1.29 is 23.9 Å². The van der Waals surface area contributed by atoms with Crippen LogP contribution in [-0.2, 0) is 14.3 Å². The number of esters is 1. The highest BCUT2D eigenvalue weighted by atomic mass is 32.1. The highest BCUT2D eigenvalue weighted by molar-refractivity contribution is 7.14. The molecule has 0 bridgehead atoms. The van der Waals surface area contributed by atoms with Gasteiger partial charge in [-0.2, -0.15) is 0 Å². The molecule has 0 radical (unpaired) electrons. The third-order valence-electron chi connectivity index (χ3n) is 6.49. The fourth-order valence-electron chi connectivity index (χ4n) is 4.82. The second-order valence-corrected chi connectivity index (χ2v) is 9.51. The molecule has 1 aliphatic heterocycles. The Kier molecular flexibility index (Phi) is 6.88. The van der Waals surface area contributed by atoms with E-state index in [0.717, 1.165) is 67.6 Å². The highest BCUT2D eigenvalue weighted by Crippen LogP contribution is 2.33. The number of ether oxygens (including phenoxy) is 1. The lowest BCUT2D eigenvalue weighted by atomic mass is 9.96. The molecule has 32 heavy (non-hydrogen) atoms. The van der Waals surface area contributed by atoms with E-state index in [1.807, 2.05) is 6.08 Å². The number of urea groups is 1. The molecule has 2 heterocycles. The number of hydrogen-bond acceptors (Lipinski definition) is 7. The van der Waals surface area contributed by atoms with Crippen molar-refractivity contribution >= 4 is 40.3 Å².